The molecule has 0 radical (unpaired) electrons. The van der Waals surface area contributed by atoms with Crippen LogP contribution in [0.25, 0.3) is 0 Å². The highest BCUT2D eigenvalue weighted by molar-refractivity contribution is 14.0. The quantitative estimate of drug-likeness (QED) is 0.174. The molecule has 1 aromatic heterocycles. The monoisotopic (exact) mass is 522 g/mol. The standard InChI is InChI=1S/C19H34N6O3.HI/c1-5-27-13-7-10-20-19(21-14-17-23-22-15(3)24(17)4)25-11-8-16(9-12-25)18(26)28-6-2;/h16H,5-14H2,1-4H3,(H,20,21);1H. The minimum absolute atomic E-state index is 0. The number of esters is 1. The minimum atomic E-state index is -0.0835. The fraction of sp³-hybridized carbons (Fsp3) is 0.789. The SMILES string of the molecule is CCOCCCNC(=NCc1nnc(C)n1C)N1CCC(C(=O)OCC)CC1.I. The number of ether oxygens (including phenoxy) is 2. The van der Waals surface area contributed by atoms with Crippen molar-refractivity contribution in [1.82, 2.24) is 25.0 Å². The van der Waals surface area contributed by atoms with Crippen LogP contribution in [0.15, 0.2) is 4.99 Å². The lowest BCUT2D eigenvalue weighted by Gasteiger charge is -2.33. The van der Waals surface area contributed by atoms with E-state index in [1.165, 1.54) is 0 Å². The summed E-state index contributed by atoms with van der Waals surface area (Å²) in [6, 6.07) is 0. The topological polar surface area (TPSA) is 93.9 Å². The number of aryl methyl sites for hydroxylation is 1. The van der Waals surface area contributed by atoms with Crippen LogP contribution in [0, 0.1) is 12.8 Å². The van der Waals surface area contributed by atoms with Crippen LogP contribution in [0.1, 0.15) is 44.8 Å². The van der Waals surface area contributed by atoms with Crippen LogP contribution >= 0.6 is 24.0 Å². The fourth-order valence-corrected chi connectivity index (χ4v) is 3.11. The van der Waals surface area contributed by atoms with E-state index >= 15 is 0 Å². The zero-order valence-electron chi connectivity index (χ0n) is 18.0. The van der Waals surface area contributed by atoms with Gasteiger partial charge < -0.3 is 24.3 Å². The molecule has 0 atom stereocenters. The van der Waals surface area contributed by atoms with E-state index < -0.39 is 0 Å². The van der Waals surface area contributed by atoms with Crippen LogP contribution in [0.5, 0.6) is 0 Å². The number of hydrogen-bond donors (Lipinski definition) is 1. The zero-order chi connectivity index (χ0) is 20.4. The maximum absolute atomic E-state index is 12.0. The molecule has 1 aromatic rings. The van der Waals surface area contributed by atoms with Gasteiger partial charge >= 0.3 is 5.97 Å². The molecule has 1 aliphatic heterocycles. The normalized spacial score (nSPS) is 15.2. The first-order valence-electron chi connectivity index (χ1n) is 10.2. The molecule has 1 saturated heterocycles. The van der Waals surface area contributed by atoms with Gasteiger partial charge in [-0.25, -0.2) is 4.99 Å². The summed E-state index contributed by atoms with van der Waals surface area (Å²) in [4.78, 5) is 19.0. The summed E-state index contributed by atoms with van der Waals surface area (Å²) in [5.74, 6) is 2.44. The Kier molecular flexibility index (Phi) is 12.1. The number of guanidine groups is 1. The van der Waals surface area contributed by atoms with Crippen LogP contribution in [-0.2, 0) is 27.9 Å². The third-order valence-electron chi connectivity index (χ3n) is 4.92. The van der Waals surface area contributed by atoms with E-state index in [1.54, 1.807) is 0 Å². The molecular formula is C19H35IN6O3. The van der Waals surface area contributed by atoms with Gasteiger partial charge in [-0.05, 0) is 40.0 Å². The molecule has 0 saturated carbocycles. The first-order valence-corrected chi connectivity index (χ1v) is 10.2. The molecular weight excluding hydrogens is 487 g/mol. The summed E-state index contributed by atoms with van der Waals surface area (Å²) in [6.07, 6.45) is 2.47. The zero-order valence-corrected chi connectivity index (χ0v) is 20.3. The number of piperidine rings is 1. The van der Waals surface area contributed by atoms with Gasteiger partial charge in [0, 0.05) is 39.9 Å². The van der Waals surface area contributed by atoms with Crippen molar-refractivity contribution in [3.05, 3.63) is 11.6 Å². The van der Waals surface area contributed by atoms with Crippen LogP contribution in [0.3, 0.4) is 0 Å². The van der Waals surface area contributed by atoms with Gasteiger partial charge in [-0.3, -0.25) is 4.79 Å². The van der Waals surface area contributed by atoms with Gasteiger partial charge in [0.05, 0.1) is 12.5 Å². The van der Waals surface area contributed by atoms with Gasteiger partial charge in [0.2, 0.25) is 0 Å². The highest BCUT2D eigenvalue weighted by atomic mass is 127. The summed E-state index contributed by atoms with van der Waals surface area (Å²) < 4.78 is 12.5. The molecule has 2 heterocycles. The highest BCUT2D eigenvalue weighted by Crippen LogP contribution is 2.19. The van der Waals surface area contributed by atoms with Crippen LogP contribution < -0.4 is 5.32 Å². The average molecular weight is 522 g/mol. The van der Waals surface area contributed by atoms with E-state index in [2.05, 4.69) is 20.4 Å². The van der Waals surface area contributed by atoms with Crippen LogP contribution in [0.2, 0.25) is 0 Å². The number of rotatable bonds is 9. The third-order valence-corrected chi connectivity index (χ3v) is 4.92. The molecule has 166 valence electrons. The number of nitrogens with zero attached hydrogens (tertiary/aromatic N) is 5. The Bertz CT molecular complexity index is 644. The van der Waals surface area contributed by atoms with Crippen molar-refractivity contribution < 1.29 is 14.3 Å². The second-order valence-electron chi connectivity index (χ2n) is 6.85. The highest BCUT2D eigenvalue weighted by Gasteiger charge is 2.27. The lowest BCUT2D eigenvalue weighted by molar-refractivity contribution is -0.149. The third kappa shape index (κ3) is 8.07. The molecule has 9 nitrogen and oxygen atoms in total. The Morgan fingerprint density at radius 2 is 1.97 bits per heavy atom. The molecule has 2 rings (SSSR count). The Labute approximate surface area is 190 Å². The van der Waals surface area contributed by atoms with Crippen LogP contribution in [0.4, 0.5) is 0 Å². The van der Waals surface area contributed by atoms with Gasteiger partial charge in [-0.1, -0.05) is 0 Å². The van der Waals surface area contributed by atoms with E-state index in [1.807, 2.05) is 32.4 Å². The summed E-state index contributed by atoms with van der Waals surface area (Å²) in [6.45, 7) is 10.5. The van der Waals surface area contributed by atoms with Gasteiger partial charge in [0.15, 0.2) is 11.8 Å². The second kappa shape index (κ2) is 13.7. The van der Waals surface area contributed by atoms with Gasteiger partial charge in [0.25, 0.3) is 0 Å². The average Bonchev–Trinajstić information content (AvgIpc) is 3.02. The molecule has 0 aromatic carbocycles. The van der Waals surface area contributed by atoms with Crippen LogP contribution in [-0.4, -0.2) is 71.0 Å². The van der Waals surface area contributed by atoms with E-state index in [0.29, 0.717) is 13.2 Å². The van der Waals surface area contributed by atoms with Gasteiger partial charge in [-0.2, -0.15) is 0 Å². The van der Waals surface area contributed by atoms with Crippen molar-refractivity contribution in [2.45, 2.75) is 46.6 Å². The number of carbonyl (C=O) groups excluding carboxylic acids is 1. The molecule has 10 heteroatoms. The Balaban J connectivity index is 0.00000420. The van der Waals surface area contributed by atoms with E-state index in [9.17, 15) is 4.79 Å². The summed E-state index contributed by atoms with van der Waals surface area (Å²) in [7, 11) is 1.94. The van der Waals surface area contributed by atoms with Crippen molar-refractivity contribution in [2.24, 2.45) is 18.0 Å². The number of aromatic nitrogens is 3. The van der Waals surface area contributed by atoms with Crippen molar-refractivity contribution in [2.75, 3.05) is 39.5 Å². The summed E-state index contributed by atoms with van der Waals surface area (Å²) >= 11 is 0. The Morgan fingerprint density at radius 3 is 2.55 bits per heavy atom. The largest absolute Gasteiger partial charge is 0.466 e. The molecule has 0 bridgehead atoms. The van der Waals surface area contributed by atoms with Gasteiger partial charge in [-0.15, -0.1) is 34.2 Å². The predicted octanol–water partition coefficient (Wildman–Crippen LogP) is 1.89. The first-order chi connectivity index (χ1) is 13.6. The number of halogens is 1. The maximum Gasteiger partial charge on any atom is 0.309 e. The minimum Gasteiger partial charge on any atom is -0.466 e. The van der Waals surface area contributed by atoms with Crippen molar-refractivity contribution >= 4 is 35.9 Å². The molecule has 0 amide bonds. The fourth-order valence-electron chi connectivity index (χ4n) is 3.11. The number of nitrogens with one attached hydrogen (secondary N) is 1. The summed E-state index contributed by atoms with van der Waals surface area (Å²) in [5.41, 5.74) is 0. The van der Waals surface area contributed by atoms with E-state index in [-0.39, 0.29) is 35.9 Å². The molecule has 0 spiro atoms. The molecule has 1 N–H and O–H groups in total. The molecule has 0 aliphatic carbocycles. The van der Waals surface area contributed by atoms with Crippen molar-refractivity contribution in [3.8, 4) is 0 Å². The molecule has 0 unspecified atom stereocenters. The molecule has 29 heavy (non-hydrogen) atoms. The Morgan fingerprint density at radius 1 is 1.24 bits per heavy atom. The predicted molar refractivity (Wildman–Crippen MR) is 122 cm³/mol. The Hall–Kier alpha value is -1.43. The number of hydrogen-bond acceptors (Lipinski definition) is 6. The van der Waals surface area contributed by atoms with E-state index in [0.717, 1.165) is 69.7 Å². The smallest absolute Gasteiger partial charge is 0.309 e. The number of aliphatic imine (C=N–C) groups is 1. The lowest BCUT2D eigenvalue weighted by Crippen LogP contribution is -2.47. The summed E-state index contributed by atoms with van der Waals surface area (Å²) in [5, 5.41) is 11.7. The molecule has 1 fully saturated rings. The molecule has 1 aliphatic rings. The van der Waals surface area contributed by atoms with Crippen molar-refractivity contribution in [3.63, 3.8) is 0 Å². The van der Waals surface area contributed by atoms with E-state index in [4.69, 9.17) is 14.5 Å². The first kappa shape index (κ1) is 25.6. The van der Waals surface area contributed by atoms with Crippen molar-refractivity contribution in [1.29, 1.82) is 0 Å². The number of carbonyl (C=O) groups is 1. The lowest BCUT2D eigenvalue weighted by atomic mass is 9.97. The maximum atomic E-state index is 12.0. The second-order valence-corrected chi connectivity index (χ2v) is 6.85. The van der Waals surface area contributed by atoms with Gasteiger partial charge in [0.1, 0.15) is 12.4 Å². The number of likely N-dealkylation sites (tertiary alicyclic amines) is 1.